The van der Waals surface area contributed by atoms with Gasteiger partial charge in [-0.25, -0.2) is 0 Å². The molecule has 0 saturated heterocycles. The normalized spacial score (nSPS) is 67.7. The predicted molar refractivity (Wildman–Crippen MR) is 43.8 cm³/mol. The van der Waals surface area contributed by atoms with E-state index in [0.29, 0.717) is 11.3 Å². The van der Waals surface area contributed by atoms with Crippen LogP contribution in [0.1, 0.15) is 42.8 Å². The first-order valence-electron chi connectivity index (χ1n) is 5.37. The summed E-state index contributed by atoms with van der Waals surface area (Å²) in [6, 6.07) is 0. The minimum Gasteiger partial charge on any atom is -0.0622 e. The number of fused-ring (bicyclic) bond motifs is 2. The maximum Gasteiger partial charge on any atom is 0.0303 e. The van der Waals surface area contributed by atoms with E-state index in [0.717, 1.165) is 12.3 Å². The molecular weight excluding hydrogens is 120 g/mol. The first-order valence-corrected chi connectivity index (χ1v) is 4.29. The lowest BCUT2D eigenvalue weighted by Gasteiger charge is -2.59. The van der Waals surface area contributed by atoms with Gasteiger partial charge < -0.3 is 0 Å². The summed E-state index contributed by atoms with van der Waals surface area (Å²) in [4.78, 5) is 0. The van der Waals surface area contributed by atoms with Crippen molar-refractivity contribution in [1.82, 2.24) is 0 Å². The minimum absolute atomic E-state index is 0.144. The van der Waals surface area contributed by atoms with Crippen molar-refractivity contribution in [3.8, 4) is 0 Å². The summed E-state index contributed by atoms with van der Waals surface area (Å²) in [5.41, 5.74) is 0.341. The van der Waals surface area contributed by atoms with Crippen LogP contribution in [-0.2, 0) is 0 Å². The lowest BCUT2D eigenvalue weighted by atomic mass is 9.46. The Balaban J connectivity index is 2.27. The lowest BCUT2D eigenvalue weighted by molar-refractivity contribution is -0.0988. The molecule has 3 aliphatic carbocycles. The largest absolute Gasteiger partial charge is 0.0622 e. The van der Waals surface area contributed by atoms with E-state index in [4.69, 9.17) is 2.74 Å². The molecule has 2 unspecified atom stereocenters. The van der Waals surface area contributed by atoms with Gasteiger partial charge in [-0.3, -0.25) is 0 Å². The van der Waals surface area contributed by atoms with E-state index in [1.807, 2.05) is 6.92 Å². The molecule has 4 atom stereocenters. The second-order valence-corrected chi connectivity index (χ2v) is 4.49. The summed E-state index contributed by atoms with van der Waals surface area (Å²) in [6.07, 6.45) is 2.00. The highest BCUT2D eigenvalue weighted by atomic mass is 14.6. The Morgan fingerprint density at radius 2 is 2.30 bits per heavy atom. The first-order chi connectivity index (χ1) is 5.37. The summed E-state index contributed by atoms with van der Waals surface area (Å²) in [6.45, 7) is 6.49. The predicted octanol–water partition coefficient (Wildman–Crippen LogP) is 3.08. The average Bonchev–Trinajstić information content (AvgIpc) is 1.93. The molecule has 2 bridgehead atoms. The average molecular weight is 140 g/mol. The molecule has 0 spiro atoms. The van der Waals surface area contributed by atoms with Gasteiger partial charge in [-0.2, -0.15) is 0 Å². The molecule has 0 heteroatoms. The van der Waals surface area contributed by atoms with Gasteiger partial charge in [0, 0.05) is 2.74 Å². The minimum atomic E-state index is -0.488. The summed E-state index contributed by atoms with van der Waals surface area (Å²) in [5, 5.41) is 0. The molecule has 0 nitrogen and oxygen atoms in total. The van der Waals surface area contributed by atoms with Crippen LogP contribution in [0.2, 0.25) is 0 Å². The third-order valence-electron chi connectivity index (χ3n) is 3.74. The second-order valence-electron chi connectivity index (χ2n) is 4.49. The summed E-state index contributed by atoms with van der Waals surface area (Å²) in [5.74, 6) is 0.702. The molecule has 0 aromatic rings. The molecule has 0 aromatic carbocycles. The van der Waals surface area contributed by atoms with Crippen molar-refractivity contribution in [3.05, 3.63) is 0 Å². The van der Waals surface area contributed by atoms with Crippen LogP contribution >= 0.6 is 0 Å². The summed E-state index contributed by atoms with van der Waals surface area (Å²) >= 11 is 0. The highest BCUT2D eigenvalue weighted by Crippen LogP contribution is 2.61. The molecule has 0 aromatic heterocycles. The third kappa shape index (κ3) is 0.627. The van der Waals surface area contributed by atoms with Crippen molar-refractivity contribution in [2.45, 2.75) is 40.0 Å². The van der Waals surface area contributed by atoms with Crippen molar-refractivity contribution in [3.63, 3.8) is 0 Å². The fourth-order valence-corrected chi connectivity index (χ4v) is 2.66. The van der Waals surface area contributed by atoms with Crippen LogP contribution < -0.4 is 0 Å². The van der Waals surface area contributed by atoms with Crippen molar-refractivity contribution in [2.75, 3.05) is 0 Å². The van der Waals surface area contributed by atoms with Gasteiger partial charge in [0.05, 0.1) is 0 Å². The molecule has 10 heavy (non-hydrogen) atoms. The number of rotatable bonds is 0. The molecule has 3 saturated carbocycles. The van der Waals surface area contributed by atoms with Gasteiger partial charge in [-0.05, 0) is 36.0 Å². The Morgan fingerprint density at radius 3 is 2.70 bits per heavy atom. The van der Waals surface area contributed by atoms with E-state index in [9.17, 15) is 0 Å². The fraction of sp³-hybridized carbons (Fsp3) is 1.00. The molecular formula is C10H18. The Hall–Kier alpha value is 0. The van der Waals surface area contributed by atoms with Crippen LogP contribution in [-0.4, -0.2) is 0 Å². The van der Waals surface area contributed by atoms with E-state index in [2.05, 4.69) is 13.8 Å². The second kappa shape index (κ2) is 1.78. The Kier molecular flexibility index (Phi) is 0.852. The van der Waals surface area contributed by atoms with E-state index < -0.39 is 5.89 Å². The molecule has 3 rings (SSSR count). The zero-order valence-corrected chi connectivity index (χ0v) is 7.15. The van der Waals surface area contributed by atoms with Gasteiger partial charge in [0.15, 0.2) is 0 Å². The van der Waals surface area contributed by atoms with Crippen molar-refractivity contribution < 1.29 is 2.74 Å². The monoisotopic (exact) mass is 140 g/mol. The number of hydrogen-bond acceptors (Lipinski definition) is 0. The van der Waals surface area contributed by atoms with Gasteiger partial charge in [0.1, 0.15) is 0 Å². The Morgan fingerprint density at radius 1 is 1.60 bits per heavy atom. The van der Waals surface area contributed by atoms with Crippen LogP contribution in [0.25, 0.3) is 0 Å². The zero-order chi connectivity index (χ0) is 9.15. The van der Waals surface area contributed by atoms with Gasteiger partial charge in [0.2, 0.25) is 0 Å². The molecule has 58 valence electrons. The van der Waals surface area contributed by atoms with Crippen LogP contribution in [0.15, 0.2) is 0 Å². The SMILES string of the molecule is [2H][C@@H]1CC2CC(C2(C)C)[C@@]1([2H])C. The molecule has 0 N–H and O–H groups in total. The van der Waals surface area contributed by atoms with Crippen LogP contribution in [0.5, 0.6) is 0 Å². The first kappa shape index (κ1) is 4.79. The Bertz CT molecular complexity index is 208. The zero-order valence-electron chi connectivity index (χ0n) is 9.15. The summed E-state index contributed by atoms with van der Waals surface area (Å²) < 4.78 is 16.0. The fourth-order valence-electron chi connectivity index (χ4n) is 2.66. The molecule has 0 aliphatic heterocycles. The van der Waals surface area contributed by atoms with E-state index >= 15 is 0 Å². The van der Waals surface area contributed by atoms with E-state index in [1.54, 1.807) is 0 Å². The highest BCUT2D eigenvalue weighted by Gasteiger charge is 2.52. The molecule has 3 aliphatic rings. The summed E-state index contributed by atoms with van der Waals surface area (Å²) in [7, 11) is 0. The van der Waals surface area contributed by atoms with E-state index in [-0.39, 0.29) is 6.40 Å². The standard InChI is InChI=1S/C10H18/c1-7-4-5-8-6-9(7)10(8,2)3/h7-9H,4-6H2,1-3H3/t7-,8?,9?/m0/s1/i4D,7D/t4-,7+,8?,9?/m1. The van der Waals surface area contributed by atoms with Gasteiger partial charge in [-0.15, -0.1) is 0 Å². The lowest BCUT2D eigenvalue weighted by Crippen LogP contribution is -2.51. The topological polar surface area (TPSA) is 0 Å². The van der Waals surface area contributed by atoms with Crippen molar-refractivity contribution in [1.29, 1.82) is 0 Å². The van der Waals surface area contributed by atoms with Crippen LogP contribution in [0, 0.1) is 23.1 Å². The molecule has 0 heterocycles. The van der Waals surface area contributed by atoms with Gasteiger partial charge in [0.25, 0.3) is 0 Å². The van der Waals surface area contributed by atoms with Gasteiger partial charge in [-0.1, -0.05) is 27.2 Å². The molecule has 0 radical (unpaired) electrons. The van der Waals surface area contributed by atoms with Crippen molar-refractivity contribution in [2.24, 2.45) is 23.1 Å². The van der Waals surface area contributed by atoms with Gasteiger partial charge >= 0.3 is 0 Å². The Labute approximate surface area is 66.8 Å². The smallest absolute Gasteiger partial charge is 0.0303 e. The third-order valence-corrected chi connectivity index (χ3v) is 3.74. The molecule has 0 amide bonds. The molecule has 3 fully saturated rings. The quantitative estimate of drug-likeness (QED) is 0.485. The van der Waals surface area contributed by atoms with Crippen LogP contribution in [0.4, 0.5) is 0 Å². The number of hydrogen-bond donors (Lipinski definition) is 0. The van der Waals surface area contributed by atoms with Crippen molar-refractivity contribution >= 4 is 0 Å². The maximum absolute atomic E-state index is 8.14. The van der Waals surface area contributed by atoms with Crippen LogP contribution in [0.3, 0.4) is 0 Å². The highest BCUT2D eigenvalue weighted by molar-refractivity contribution is 5.01. The van der Waals surface area contributed by atoms with E-state index in [1.165, 1.54) is 6.42 Å². The maximum atomic E-state index is 8.14.